The van der Waals surface area contributed by atoms with Gasteiger partial charge in [-0.1, -0.05) is 30.3 Å². The van der Waals surface area contributed by atoms with Crippen molar-refractivity contribution in [1.29, 1.82) is 0 Å². The molecule has 0 spiro atoms. The Morgan fingerprint density at radius 1 is 1.00 bits per heavy atom. The zero-order valence-electron chi connectivity index (χ0n) is 18.3. The normalized spacial score (nSPS) is 16.8. The first kappa shape index (κ1) is 21.2. The molecule has 0 bridgehead atoms. The third-order valence-corrected chi connectivity index (χ3v) is 6.10. The summed E-state index contributed by atoms with van der Waals surface area (Å²) < 4.78 is 0. The van der Waals surface area contributed by atoms with Gasteiger partial charge in [-0.3, -0.25) is 9.79 Å². The topological polar surface area (TPSA) is 64.1 Å². The van der Waals surface area contributed by atoms with Crippen LogP contribution in [0.4, 0.5) is 5.82 Å². The molecule has 3 heterocycles. The van der Waals surface area contributed by atoms with Crippen molar-refractivity contribution in [1.82, 2.24) is 20.1 Å². The van der Waals surface area contributed by atoms with Crippen LogP contribution >= 0.6 is 0 Å². The molecule has 1 amide bonds. The van der Waals surface area contributed by atoms with Gasteiger partial charge in [-0.2, -0.15) is 0 Å². The summed E-state index contributed by atoms with van der Waals surface area (Å²) in [6.45, 7) is 5.98. The van der Waals surface area contributed by atoms with Gasteiger partial charge in [0.1, 0.15) is 5.82 Å². The van der Waals surface area contributed by atoms with Crippen LogP contribution in [0.25, 0.3) is 0 Å². The average molecular weight is 421 g/mol. The van der Waals surface area contributed by atoms with E-state index in [2.05, 4.69) is 55.4 Å². The molecule has 0 radical (unpaired) electrons. The highest BCUT2D eigenvalue weighted by atomic mass is 16.2. The third kappa shape index (κ3) is 5.34. The van der Waals surface area contributed by atoms with Crippen LogP contribution in [0.15, 0.2) is 53.7 Å². The second-order valence-electron chi connectivity index (χ2n) is 8.07. The average Bonchev–Trinajstić information content (AvgIpc) is 2.84. The van der Waals surface area contributed by atoms with Gasteiger partial charge < -0.3 is 20.0 Å². The van der Waals surface area contributed by atoms with Crippen LogP contribution in [0.1, 0.15) is 24.0 Å². The van der Waals surface area contributed by atoms with Crippen molar-refractivity contribution in [3.63, 3.8) is 0 Å². The van der Waals surface area contributed by atoms with E-state index in [1.54, 1.807) is 0 Å². The minimum atomic E-state index is 0.246. The van der Waals surface area contributed by atoms with E-state index in [-0.39, 0.29) is 5.91 Å². The molecule has 164 valence electrons. The van der Waals surface area contributed by atoms with Crippen LogP contribution in [-0.4, -0.2) is 73.0 Å². The molecule has 7 nitrogen and oxygen atoms in total. The van der Waals surface area contributed by atoms with E-state index in [0.717, 1.165) is 70.4 Å². The van der Waals surface area contributed by atoms with Gasteiger partial charge in [0, 0.05) is 65.5 Å². The molecule has 2 aromatic rings. The van der Waals surface area contributed by atoms with Crippen LogP contribution in [-0.2, 0) is 17.8 Å². The van der Waals surface area contributed by atoms with Crippen molar-refractivity contribution in [2.24, 2.45) is 4.99 Å². The summed E-state index contributed by atoms with van der Waals surface area (Å²) in [5, 5.41) is 3.44. The Hall–Kier alpha value is -3.09. The van der Waals surface area contributed by atoms with Crippen LogP contribution < -0.4 is 10.2 Å². The Balaban J connectivity index is 1.18. The molecular formula is C24H32N6O. The fourth-order valence-electron chi connectivity index (χ4n) is 4.33. The number of hydrogen-bond acceptors (Lipinski definition) is 4. The van der Waals surface area contributed by atoms with Gasteiger partial charge in [0.15, 0.2) is 5.96 Å². The van der Waals surface area contributed by atoms with Crippen LogP contribution in [0.5, 0.6) is 0 Å². The lowest BCUT2D eigenvalue weighted by atomic mass is 9.99. The number of benzene rings is 1. The number of nitrogens with zero attached hydrogens (tertiary/aromatic N) is 5. The monoisotopic (exact) mass is 420 g/mol. The van der Waals surface area contributed by atoms with Crippen molar-refractivity contribution < 1.29 is 4.79 Å². The second kappa shape index (κ2) is 10.3. The Kier molecular flexibility index (Phi) is 7.02. The van der Waals surface area contributed by atoms with Gasteiger partial charge in [0.2, 0.25) is 5.91 Å². The van der Waals surface area contributed by atoms with E-state index in [9.17, 15) is 4.79 Å². The number of carbonyl (C=O) groups excluding carboxylic acids is 1. The molecule has 2 aliphatic rings. The smallest absolute Gasteiger partial charge is 0.222 e. The lowest BCUT2D eigenvalue weighted by molar-refractivity contribution is -0.132. The van der Waals surface area contributed by atoms with Gasteiger partial charge in [-0.05, 0) is 36.1 Å². The van der Waals surface area contributed by atoms with Crippen LogP contribution in [0, 0.1) is 0 Å². The number of carbonyl (C=O) groups is 1. The number of aliphatic imine (C=N–C) groups is 1. The second-order valence-corrected chi connectivity index (χ2v) is 8.07. The fourth-order valence-corrected chi connectivity index (χ4v) is 4.33. The number of piperazine rings is 1. The lowest BCUT2D eigenvalue weighted by Gasteiger charge is -2.37. The number of rotatable bonds is 5. The van der Waals surface area contributed by atoms with Crippen molar-refractivity contribution in [3.8, 4) is 0 Å². The standard InChI is InChI=1S/C24H32N6O/c1-25-24(29-17-15-28(16-18-29)22-9-4-5-12-26-22)27-13-6-10-23(31)30-14-11-20-7-2-3-8-21(20)19-30/h2-5,7-9,12H,6,10-11,13-19H2,1H3,(H,25,27). The van der Waals surface area contributed by atoms with E-state index >= 15 is 0 Å². The predicted octanol–water partition coefficient (Wildman–Crippen LogP) is 2.14. The van der Waals surface area contributed by atoms with Crippen molar-refractivity contribution >= 4 is 17.7 Å². The van der Waals surface area contributed by atoms with E-state index in [4.69, 9.17) is 0 Å². The zero-order valence-corrected chi connectivity index (χ0v) is 18.3. The van der Waals surface area contributed by atoms with Crippen LogP contribution in [0.2, 0.25) is 0 Å². The van der Waals surface area contributed by atoms with E-state index in [0.29, 0.717) is 6.42 Å². The molecule has 1 N–H and O–H groups in total. The minimum Gasteiger partial charge on any atom is -0.356 e. The molecule has 1 aromatic heterocycles. The molecular weight excluding hydrogens is 388 g/mol. The maximum Gasteiger partial charge on any atom is 0.222 e. The fraction of sp³-hybridized carbons (Fsp3) is 0.458. The number of hydrogen-bond donors (Lipinski definition) is 1. The first-order chi connectivity index (χ1) is 15.2. The molecule has 31 heavy (non-hydrogen) atoms. The highest BCUT2D eigenvalue weighted by Crippen LogP contribution is 2.19. The number of amides is 1. The number of nitrogens with one attached hydrogen (secondary N) is 1. The number of guanidine groups is 1. The molecule has 0 unspecified atom stereocenters. The molecule has 7 heteroatoms. The van der Waals surface area contributed by atoms with Crippen molar-refractivity contribution in [2.75, 3.05) is 51.2 Å². The number of fused-ring (bicyclic) bond motifs is 1. The van der Waals surface area contributed by atoms with E-state index in [1.165, 1.54) is 11.1 Å². The predicted molar refractivity (Wildman–Crippen MR) is 124 cm³/mol. The Labute approximate surface area is 184 Å². The maximum atomic E-state index is 12.6. The van der Waals surface area contributed by atoms with Crippen molar-refractivity contribution in [2.45, 2.75) is 25.8 Å². The van der Waals surface area contributed by atoms with Crippen molar-refractivity contribution in [3.05, 3.63) is 59.8 Å². The Morgan fingerprint density at radius 2 is 1.77 bits per heavy atom. The van der Waals surface area contributed by atoms with Gasteiger partial charge in [-0.15, -0.1) is 0 Å². The summed E-state index contributed by atoms with van der Waals surface area (Å²) in [4.78, 5) is 28.1. The largest absolute Gasteiger partial charge is 0.356 e. The first-order valence-electron chi connectivity index (χ1n) is 11.2. The van der Waals surface area contributed by atoms with E-state index in [1.807, 2.05) is 30.3 Å². The first-order valence-corrected chi connectivity index (χ1v) is 11.2. The Morgan fingerprint density at radius 3 is 2.52 bits per heavy atom. The minimum absolute atomic E-state index is 0.246. The highest BCUT2D eigenvalue weighted by molar-refractivity contribution is 5.80. The summed E-state index contributed by atoms with van der Waals surface area (Å²) >= 11 is 0. The van der Waals surface area contributed by atoms with Gasteiger partial charge in [0.25, 0.3) is 0 Å². The highest BCUT2D eigenvalue weighted by Gasteiger charge is 2.21. The van der Waals surface area contributed by atoms with Gasteiger partial charge in [-0.25, -0.2) is 4.98 Å². The number of aromatic nitrogens is 1. The summed E-state index contributed by atoms with van der Waals surface area (Å²) in [5.74, 6) is 2.19. The molecule has 2 aliphatic heterocycles. The summed E-state index contributed by atoms with van der Waals surface area (Å²) in [6.07, 6.45) is 4.17. The number of pyridine rings is 1. The molecule has 4 rings (SSSR count). The zero-order chi connectivity index (χ0) is 21.5. The molecule has 0 saturated carbocycles. The summed E-state index contributed by atoms with van der Waals surface area (Å²) in [5.41, 5.74) is 2.66. The molecule has 1 fully saturated rings. The molecule has 0 aliphatic carbocycles. The van der Waals surface area contributed by atoms with E-state index < -0.39 is 0 Å². The summed E-state index contributed by atoms with van der Waals surface area (Å²) in [7, 11) is 1.82. The maximum absolute atomic E-state index is 12.6. The quantitative estimate of drug-likeness (QED) is 0.456. The number of anilines is 1. The molecule has 1 saturated heterocycles. The third-order valence-electron chi connectivity index (χ3n) is 6.10. The van der Waals surface area contributed by atoms with Gasteiger partial charge >= 0.3 is 0 Å². The SMILES string of the molecule is CN=C(NCCCC(=O)N1CCc2ccccc2C1)N1CCN(c2ccccn2)CC1. The molecule has 1 aromatic carbocycles. The van der Waals surface area contributed by atoms with Gasteiger partial charge in [0.05, 0.1) is 0 Å². The Bertz CT molecular complexity index is 892. The van der Waals surface area contributed by atoms with Crippen LogP contribution in [0.3, 0.4) is 0 Å². The lowest BCUT2D eigenvalue weighted by Crippen LogP contribution is -2.52. The summed E-state index contributed by atoms with van der Waals surface area (Å²) in [6, 6.07) is 14.5. The molecule has 0 atom stereocenters.